The molecular weight excluding hydrogens is 188 g/mol. The number of piperidine rings is 1. The van der Waals surface area contributed by atoms with Crippen LogP contribution in [0.5, 0.6) is 0 Å². The molecule has 1 saturated heterocycles. The lowest BCUT2D eigenvalue weighted by Crippen LogP contribution is -2.52. The predicted molar refractivity (Wildman–Crippen MR) is 46.4 cm³/mol. The van der Waals surface area contributed by atoms with Gasteiger partial charge in [0.05, 0.1) is 12.6 Å². The standard InChI is InChI=1S/C8H12N2O4/c1-10-6(11)3-2-5(8(10)14)9-4-7(12)13/h5,9H,2-4H2,1H3,(H,12,13). The van der Waals surface area contributed by atoms with Gasteiger partial charge < -0.3 is 5.11 Å². The van der Waals surface area contributed by atoms with Crippen LogP contribution in [0.25, 0.3) is 0 Å². The molecule has 1 aliphatic heterocycles. The van der Waals surface area contributed by atoms with Crippen LogP contribution in [-0.2, 0) is 14.4 Å². The third kappa shape index (κ3) is 2.29. The summed E-state index contributed by atoms with van der Waals surface area (Å²) in [5.74, 6) is -1.59. The maximum absolute atomic E-state index is 11.4. The SMILES string of the molecule is CN1C(=O)CCC(NCC(=O)O)C1=O. The van der Waals surface area contributed by atoms with E-state index in [2.05, 4.69) is 5.32 Å². The van der Waals surface area contributed by atoms with E-state index in [1.54, 1.807) is 0 Å². The number of hydrogen-bond donors (Lipinski definition) is 2. The smallest absolute Gasteiger partial charge is 0.317 e. The second-order valence-electron chi connectivity index (χ2n) is 3.16. The lowest BCUT2D eigenvalue weighted by molar-refractivity contribution is -0.148. The molecule has 1 heterocycles. The van der Waals surface area contributed by atoms with E-state index in [-0.39, 0.29) is 24.8 Å². The quantitative estimate of drug-likeness (QED) is 0.559. The first-order valence-corrected chi connectivity index (χ1v) is 4.28. The van der Waals surface area contributed by atoms with E-state index < -0.39 is 12.0 Å². The van der Waals surface area contributed by atoms with Crippen LogP contribution in [0.15, 0.2) is 0 Å². The molecule has 0 spiro atoms. The molecule has 0 radical (unpaired) electrons. The van der Waals surface area contributed by atoms with Crippen molar-refractivity contribution in [3.8, 4) is 0 Å². The van der Waals surface area contributed by atoms with Gasteiger partial charge in [-0.2, -0.15) is 0 Å². The average Bonchev–Trinajstić information content (AvgIpc) is 2.13. The molecule has 0 aromatic heterocycles. The number of carbonyl (C=O) groups excluding carboxylic acids is 2. The molecule has 2 amide bonds. The van der Waals surface area contributed by atoms with Crippen LogP contribution < -0.4 is 5.32 Å². The van der Waals surface area contributed by atoms with E-state index in [0.29, 0.717) is 6.42 Å². The highest BCUT2D eigenvalue weighted by atomic mass is 16.4. The molecule has 0 saturated carbocycles. The van der Waals surface area contributed by atoms with Gasteiger partial charge in [0, 0.05) is 13.5 Å². The number of rotatable bonds is 3. The van der Waals surface area contributed by atoms with Crippen molar-refractivity contribution in [2.75, 3.05) is 13.6 Å². The highest BCUT2D eigenvalue weighted by Crippen LogP contribution is 2.10. The Hall–Kier alpha value is -1.43. The molecule has 6 heteroatoms. The molecule has 78 valence electrons. The number of carbonyl (C=O) groups is 3. The Balaban J connectivity index is 2.51. The Kier molecular flexibility index (Phi) is 3.19. The second kappa shape index (κ2) is 4.19. The van der Waals surface area contributed by atoms with Crippen molar-refractivity contribution in [1.29, 1.82) is 0 Å². The van der Waals surface area contributed by atoms with Crippen LogP contribution in [0.4, 0.5) is 0 Å². The molecule has 1 unspecified atom stereocenters. The molecule has 0 bridgehead atoms. The van der Waals surface area contributed by atoms with Gasteiger partial charge in [-0.1, -0.05) is 0 Å². The Bertz CT molecular complexity index is 277. The van der Waals surface area contributed by atoms with Crippen LogP contribution in [0.1, 0.15) is 12.8 Å². The fourth-order valence-electron chi connectivity index (χ4n) is 1.32. The number of aliphatic carboxylic acids is 1. The number of nitrogens with one attached hydrogen (secondary N) is 1. The summed E-state index contributed by atoms with van der Waals surface area (Å²) in [4.78, 5) is 33.7. The van der Waals surface area contributed by atoms with Crippen LogP contribution in [0.2, 0.25) is 0 Å². The number of nitrogens with zero attached hydrogens (tertiary/aromatic N) is 1. The molecule has 14 heavy (non-hydrogen) atoms. The zero-order valence-corrected chi connectivity index (χ0v) is 7.82. The largest absolute Gasteiger partial charge is 0.480 e. The summed E-state index contributed by atoms with van der Waals surface area (Å²) < 4.78 is 0. The first-order valence-electron chi connectivity index (χ1n) is 4.28. The number of imide groups is 1. The van der Waals surface area contributed by atoms with E-state index in [0.717, 1.165) is 4.90 Å². The van der Waals surface area contributed by atoms with Crippen LogP contribution in [-0.4, -0.2) is 47.4 Å². The van der Waals surface area contributed by atoms with Crippen molar-refractivity contribution in [3.63, 3.8) is 0 Å². The zero-order valence-electron chi connectivity index (χ0n) is 7.82. The Morgan fingerprint density at radius 2 is 2.29 bits per heavy atom. The number of hydrogen-bond acceptors (Lipinski definition) is 4. The van der Waals surface area contributed by atoms with Gasteiger partial charge in [-0.15, -0.1) is 0 Å². The third-order valence-electron chi connectivity index (χ3n) is 2.15. The molecule has 1 rings (SSSR count). The highest BCUT2D eigenvalue weighted by Gasteiger charge is 2.31. The van der Waals surface area contributed by atoms with Crippen molar-refractivity contribution in [2.45, 2.75) is 18.9 Å². The molecule has 6 nitrogen and oxygen atoms in total. The molecule has 0 aliphatic carbocycles. The minimum atomic E-state index is -1.02. The van der Waals surface area contributed by atoms with Crippen LogP contribution in [0.3, 0.4) is 0 Å². The first-order chi connectivity index (χ1) is 6.52. The van der Waals surface area contributed by atoms with Gasteiger partial charge >= 0.3 is 5.97 Å². The average molecular weight is 200 g/mol. The molecular formula is C8H12N2O4. The maximum atomic E-state index is 11.4. The molecule has 0 aromatic rings. The van der Waals surface area contributed by atoms with Gasteiger partial charge in [0.25, 0.3) is 0 Å². The Morgan fingerprint density at radius 3 is 2.86 bits per heavy atom. The van der Waals surface area contributed by atoms with Crippen LogP contribution in [0, 0.1) is 0 Å². The molecule has 1 aliphatic rings. The summed E-state index contributed by atoms with van der Waals surface area (Å²) in [6, 6.07) is -0.547. The van der Waals surface area contributed by atoms with Crippen LogP contribution >= 0.6 is 0 Å². The van der Waals surface area contributed by atoms with Gasteiger partial charge in [-0.25, -0.2) is 0 Å². The van der Waals surface area contributed by atoms with Gasteiger partial charge in [0.1, 0.15) is 0 Å². The summed E-state index contributed by atoms with van der Waals surface area (Å²) >= 11 is 0. The summed E-state index contributed by atoms with van der Waals surface area (Å²) in [6.45, 7) is -0.265. The lowest BCUT2D eigenvalue weighted by Gasteiger charge is -2.27. The predicted octanol–water partition coefficient (Wildman–Crippen LogP) is -1.19. The normalized spacial score (nSPS) is 22.6. The number of likely N-dealkylation sites (N-methyl/N-ethyl adjacent to an activating group) is 1. The van der Waals surface area contributed by atoms with Gasteiger partial charge in [0.15, 0.2) is 0 Å². The summed E-state index contributed by atoms with van der Waals surface area (Å²) in [6.07, 6.45) is 0.648. The Labute approximate surface area is 80.9 Å². The van der Waals surface area contributed by atoms with E-state index in [1.807, 2.05) is 0 Å². The fraction of sp³-hybridized carbons (Fsp3) is 0.625. The highest BCUT2D eigenvalue weighted by molar-refractivity contribution is 6.00. The topological polar surface area (TPSA) is 86.7 Å². The number of carboxylic acids is 1. The molecule has 0 aromatic carbocycles. The molecule has 1 fully saturated rings. The van der Waals surface area contributed by atoms with E-state index in [1.165, 1.54) is 7.05 Å². The zero-order chi connectivity index (χ0) is 10.7. The second-order valence-corrected chi connectivity index (χ2v) is 3.16. The first kappa shape index (κ1) is 10.6. The van der Waals surface area contributed by atoms with Gasteiger partial charge in [-0.3, -0.25) is 24.6 Å². The third-order valence-corrected chi connectivity index (χ3v) is 2.15. The minimum absolute atomic E-state index is 0.219. The monoisotopic (exact) mass is 200 g/mol. The number of amides is 2. The van der Waals surface area contributed by atoms with Crippen molar-refractivity contribution >= 4 is 17.8 Å². The van der Waals surface area contributed by atoms with Crippen molar-refractivity contribution in [1.82, 2.24) is 10.2 Å². The number of carboxylic acid groups (broad SMARTS) is 1. The van der Waals surface area contributed by atoms with E-state index >= 15 is 0 Å². The Morgan fingerprint density at radius 1 is 1.64 bits per heavy atom. The molecule has 1 atom stereocenters. The van der Waals surface area contributed by atoms with Gasteiger partial charge in [0.2, 0.25) is 11.8 Å². The van der Waals surface area contributed by atoms with E-state index in [4.69, 9.17) is 5.11 Å². The summed E-state index contributed by atoms with van der Waals surface area (Å²) in [5, 5.41) is 11.0. The van der Waals surface area contributed by atoms with Crippen molar-refractivity contribution in [3.05, 3.63) is 0 Å². The molecule has 2 N–H and O–H groups in total. The lowest BCUT2D eigenvalue weighted by atomic mass is 10.0. The van der Waals surface area contributed by atoms with E-state index in [9.17, 15) is 14.4 Å². The van der Waals surface area contributed by atoms with Gasteiger partial charge in [-0.05, 0) is 6.42 Å². The summed E-state index contributed by atoms with van der Waals surface area (Å²) in [5.41, 5.74) is 0. The summed E-state index contributed by atoms with van der Waals surface area (Å²) in [7, 11) is 1.40. The van der Waals surface area contributed by atoms with Crippen molar-refractivity contribution in [2.24, 2.45) is 0 Å². The minimum Gasteiger partial charge on any atom is -0.480 e. The fourth-order valence-corrected chi connectivity index (χ4v) is 1.32. The number of likely N-dealkylation sites (tertiary alicyclic amines) is 1. The maximum Gasteiger partial charge on any atom is 0.317 e. The van der Waals surface area contributed by atoms with Crippen molar-refractivity contribution < 1.29 is 19.5 Å².